The molecule has 0 atom stereocenters. The van der Waals surface area contributed by atoms with Crippen molar-refractivity contribution < 1.29 is 4.42 Å². The number of aryl methyl sites for hydroxylation is 2. The van der Waals surface area contributed by atoms with Crippen molar-refractivity contribution in [3.8, 4) is 0 Å². The van der Waals surface area contributed by atoms with E-state index in [0.717, 1.165) is 53.8 Å². The average molecular weight is 379 g/mol. The Balaban J connectivity index is 1.42. The van der Waals surface area contributed by atoms with Crippen LogP contribution in [0.25, 0.3) is 0 Å². The first-order valence-corrected chi connectivity index (χ1v) is 8.90. The van der Waals surface area contributed by atoms with Gasteiger partial charge in [-0.2, -0.15) is 0 Å². The van der Waals surface area contributed by atoms with Crippen molar-refractivity contribution in [2.75, 3.05) is 25.0 Å². The fourth-order valence-corrected chi connectivity index (χ4v) is 3.11. The molecule has 0 unspecified atom stereocenters. The summed E-state index contributed by atoms with van der Waals surface area (Å²) in [5.74, 6) is 3.42. The molecule has 1 aliphatic rings. The molecule has 3 rings (SSSR count). The zero-order valence-corrected chi connectivity index (χ0v) is 15.3. The molecule has 0 amide bonds. The summed E-state index contributed by atoms with van der Waals surface area (Å²) >= 11 is 3.40. The van der Waals surface area contributed by atoms with E-state index in [2.05, 4.69) is 36.1 Å². The highest BCUT2D eigenvalue weighted by Crippen LogP contribution is 2.20. The molecule has 0 saturated carbocycles. The molecule has 1 fully saturated rings. The molecule has 5 nitrogen and oxygen atoms in total. The van der Waals surface area contributed by atoms with Crippen molar-refractivity contribution in [3.63, 3.8) is 0 Å². The van der Waals surface area contributed by atoms with Gasteiger partial charge < -0.3 is 9.73 Å². The number of pyridine rings is 1. The molecular weight excluding hydrogens is 356 g/mol. The highest BCUT2D eigenvalue weighted by Gasteiger charge is 2.20. The summed E-state index contributed by atoms with van der Waals surface area (Å²) < 4.78 is 6.69. The minimum absolute atomic E-state index is 0.699. The quantitative estimate of drug-likeness (QED) is 0.857. The number of likely N-dealkylation sites (tertiary alicyclic amines) is 1. The minimum Gasteiger partial charge on any atom is -0.444 e. The molecule has 0 spiro atoms. The number of oxazole rings is 1. The number of nitrogens with one attached hydrogen (secondary N) is 1. The van der Waals surface area contributed by atoms with Crippen molar-refractivity contribution in [3.05, 3.63) is 40.1 Å². The Kier molecular flexibility index (Phi) is 5.33. The third-order valence-electron chi connectivity index (χ3n) is 4.44. The second-order valence-electron chi connectivity index (χ2n) is 6.21. The van der Waals surface area contributed by atoms with E-state index in [1.807, 2.05) is 32.2 Å². The predicted molar refractivity (Wildman–Crippen MR) is 94.4 cm³/mol. The molecule has 0 bridgehead atoms. The molecule has 1 aliphatic heterocycles. The third kappa shape index (κ3) is 4.54. The summed E-state index contributed by atoms with van der Waals surface area (Å²) in [6.07, 6.45) is 4.22. The number of aromatic nitrogens is 2. The maximum absolute atomic E-state index is 5.68. The van der Waals surface area contributed by atoms with Gasteiger partial charge in [0, 0.05) is 17.2 Å². The second kappa shape index (κ2) is 7.45. The van der Waals surface area contributed by atoms with Crippen LogP contribution in [0, 0.1) is 19.8 Å². The molecule has 2 aromatic heterocycles. The SMILES string of the molecule is Cc1nc(CN2CCC(CNc3ccc(Br)cn3)CC2)oc1C. The molecule has 1 saturated heterocycles. The van der Waals surface area contributed by atoms with E-state index < -0.39 is 0 Å². The number of halogens is 1. The second-order valence-corrected chi connectivity index (χ2v) is 7.13. The van der Waals surface area contributed by atoms with Crippen LogP contribution in [0.2, 0.25) is 0 Å². The molecule has 0 aromatic carbocycles. The Morgan fingerprint density at radius 2 is 2.09 bits per heavy atom. The standard InChI is InChI=1S/C17H23BrN4O/c1-12-13(2)23-17(21-12)11-22-7-5-14(6-8-22)9-19-16-4-3-15(18)10-20-16/h3-4,10,14H,5-9,11H2,1-2H3,(H,19,20). The van der Waals surface area contributed by atoms with Gasteiger partial charge in [-0.15, -0.1) is 0 Å². The van der Waals surface area contributed by atoms with Gasteiger partial charge in [-0.3, -0.25) is 4.90 Å². The zero-order chi connectivity index (χ0) is 16.2. The van der Waals surface area contributed by atoms with Gasteiger partial charge in [-0.1, -0.05) is 0 Å². The monoisotopic (exact) mass is 378 g/mol. The highest BCUT2D eigenvalue weighted by molar-refractivity contribution is 9.10. The summed E-state index contributed by atoms with van der Waals surface area (Å²) in [7, 11) is 0. The Morgan fingerprint density at radius 1 is 1.30 bits per heavy atom. The van der Waals surface area contributed by atoms with E-state index >= 15 is 0 Å². The molecule has 0 radical (unpaired) electrons. The lowest BCUT2D eigenvalue weighted by atomic mass is 9.97. The summed E-state index contributed by atoms with van der Waals surface area (Å²) in [6, 6.07) is 4.02. The molecule has 0 aliphatic carbocycles. The maximum Gasteiger partial charge on any atom is 0.208 e. The van der Waals surface area contributed by atoms with Gasteiger partial charge in [0.25, 0.3) is 0 Å². The van der Waals surface area contributed by atoms with Crippen LogP contribution in [0.4, 0.5) is 5.82 Å². The molecular formula is C17H23BrN4O. The summed E-state index contributed by atoms with van der Waals surface area (Å²) in [6.45, 7) is 7.97. The first-order valence-electron chi connectivity index (χ1n) is 8.11. The lowest BCUT2D eigenvalue weighted by molar-refractivity contribution is 0.167. The molecule has 6 heteroatoms. The number of rotatable bonds is 5. The zero-order valence-electron chi connectivity index (χ0n) is 13.7. The number of nitrogens with zero attached hydrogens (tertiary/aromatic N) is 3. The number of piperidine rings is 1. The van der Waals surface area contributed by atoms with Crippen LogP contribution < -0.4 is 5.32 Å². The summed E-state index contributed by atoms with van der Waals surface area (Å²) in [5, 5.41) is 3.44. The normalized spacial score (nSPS) is 16.7. The van der Waals surface area contributed by atoms with E-state index in [0.29, 0.717) is 5.92 Å². The van der Waals surface area contributed by atoms with Crippen LogP contribution in [0.15, 0.2) is 27.2 Å². The third-order valence-corrected chi connectivity index (χ3v) is 4.91. The van der Waals surface area contributed by atoms with Gasteiger partial charge in [0.05, 0.1) is 12.2 Å². The average Bonchev–Trinajstić information content (AvgIpc) is 2.86. The van der Waals surface area contributed by atoms with E-state index in [-0.39, 0.29) is 0 Å². The smallest absolute Gasteiger partial charge is 0.208 e. The number of anilines is 1. The van der Waals surface area contributed by atoms with Crippen LogP contribution in [0.1, 0.15) is 30.2 Å². The van der Waals surface area contributed by atoms with E-state index in [1.165, 1.54) is 12.8 Å². The van der Waals surface area contributed by atoms with E-state index in [1.54, 1.807) is 0 Å². The predicted octanol–water partition coefficient (Wildman–Crippen LogP) is 3.77. The van der Waals surface area contributed by atoms with Crippen molar-refractivity contribution in [2.45, 2.75) is 33.2 Å². The van der Waals surface area contributed by atoms with E-state index in [4.69, 9.17) is 4.42 Å². The summed E-state index contributed by atoms with van der Waals surface area (Å²) in [4.78, 5) is 11.3. The lowest BCUT2D eigenvalue weighted by Gasteiger charge is -2.31. The van der Waals surface area contributed by atoms with Gasteiger partial charge in [0.2, 0.25) is 5.89 Å². The van der Waals surface area contributed by atoms with Crippen molar-refractivity contribution in [1.29, 1.82) is 0 Å². The number of hydrogen-bond donors (Lipinski definition) is 1. The molecule has 124 valence electrons. The Labute approximate surface area is 145 Å². The van der Waals surface area contributed by atoms with Crippen LogP contribution in [0.5, 0.6) is 0 Å². The Hall–Kier alpha value is -1.40. The fourth-order valence-electron chi connectivity index (χ4n) is 2.88. The van der Waals surface area contributed by atoms with Gasteiger partial charge in [-0.05, 0) is 73.8 Å². The van der Waals surface area contributed by atoms with Gasteiger partial charge >= 0.3 is 0 Å². The van der Waals surface area contributed by atoms with Gasteiger partial charge in [-0.25, -0.2) is 9.97 Å². The lowest BCUT2D eigenvalue weighted by Crippen LogP contribution is -2.35. The van der Waals surface area contributed by atoms with E-state index in [9.17, 15) is 0 Å². The molecule has 2 aromatic rings. The van der Waals surface area contributed by atoms with Crippen LogP contribution in [-0.4, -0.2) is 34.5 Å². The van der Waals surface area contributed by atoms with Gasteiger partial charge in [0.15, 0.2) is 0 Å². The first-order chi connectivity index (χ1) is 11.1. The van der Waals surface area contributed by atoms with Gasteiger partial charge in [0.1, 0.15) is 11.6 Å². The van der Waals surface area contributed by atoms with Crippen molar-refractivity contribution in [2.24, 2.45) is 5.92 Å². The van der Waals surface area contributed by atoms with Crippen LogP contribution in [0.3, 0.4) is 0 Å². The highest BCUT2D eigenvalue weighted by atomic mass is 79.9. The minimum atomic E-state index is 0.699. The molecule has 1 N–H and O–H groups in total. The molecule has 3 heterocycles. The number of hydrogen-bond acceptors (Lipinski definition) is 5. The van der Waals surface area contributed by atoms with Crippen molar-refractivity contribution >= 4 is 21.7 Å². The Morgan fingerprint density at radius 3 is 2.70 bits per heavy atom. The maximum atomic E-state index is 5.68. The summed E-state index contributed by atoms with van der Waals surface area (Å²) in [5.41, 5.74) is 1.00. The first kappa shape index (κ1) is 16.5. The van der Waals surface area contributed by atoms with Crippen LogP contribution in [-0.2, 0) is 6.54 Å². The Bertz CT molecular complexity index is 613. The van der Waals surface area contributed by atoms with Crippen LogP contribution >= 0.6 is 15.9 Å². The fraction of sp³-hybridized carbons (Fsp3) is 0.529. The topological polar surface area (TPSA) is 54.2 Å². The largest absolute Gasteiger partial charge is 0.444 e. The molecule has 23 heavy (non-hydrogen) atoms. The van der Waals surface area contributed by atoms with Crippen molar-refractivity contribution in [1.82, 2.24) is 14.9 Å².